The maximum Gasteiger partial charge on any atom is 0.153 e. The lowest BCUT2D eigenvalue weighted by atomic mass is 9.69. The number of nitrogens with zero attached hydrogens (tertiary/aromatic N) is 1. The predicted octanol–water partition coefficient (Wildman–Crippen LogP) is 4.01. The summed E-state index contributed by atoms with van der Waals surface area (Å²) in [5.74, 6) is 2.22. The topological polar surface area (TPSA) is 52.0 Å². The van der Waals surface area contributed by atoms with E-state index in [-0.39, 0.29) is 6.04 Å². The average molecular weight is 250 g/mol. The maximum atomic E-state index is 5.80. The highest BCUT2D eigenvalue weighted by atomic mass is 16.5. The van der Waals surface area contributed by atoms with Gasteiger partial charge in [-0.15, -0.1) is 0 Å². The van der Waals surface area contributed by atoms with Crippen molar-refractivity contribution in [2.24, 2.45) is 17.1 Å². The third kappa shape index (κ3) is 2.94. The monoisotopic (exact) mass is 250 g/mol. The number of hydrogen-bond acceptors (Lipinski definition) is 3. The van der Waals surface area contributed by atoms with E-state index in [1.165, 1.54) is 25.7 Å². The summed E-state index contributed by atoms with van der Waals surface area (Å²) in [6, 6.07) is 1.99. The zero-order chi connectivity index (χ0) is 13.3. The zero-order valence-corrected chi connectivity index (χ0v) is 12.1. The highest BCUT2D eigenvalue weighted by Gasteiger charge is 2.31. The number of hydrogen-bond donors (Lipinski definition) is 1. The molecule has 102 valence electrons. The number of aromatic nitrogens is 1. The Labute approximate surface area is 110 Å². The fraction of sp³-hybridized carbons (Fsp3) is 0.800. The first-order chi connectivity index (χ1) is 8.38. The molecular weight excluding hydrogens is 224 g/mol. The summed E-state index contributed by atoms with van der Waals surface area (Å²) in [6.07, 6.45) is 5.06. The van der Waals surface area contributed by atoms with Crippen LogP contribution in [0.2, 0.25) is 0 Å². The van der Waals surface area contributed by atoms with Crippen molar-refractivity contribution in [1.82, 2.24) is 5.16 Å². The molecule has 2 rings (SSSR count). The van der Waals surface area contributed by atoms with E-state index in [4.69, 9.17) is 10.3 Å². The van der Waals surface area contributed by atoms with Crippen LogP contribution in [0.1, 0.15) is 76.8 Å². The Morgan fingerprint density at radius 3 is 2.33 bits per heavy atom. The molecule has 1 atom stereocenters. The Morgan fingerprint density at radius 2 is 1.89 bits per heavy atom. The predicted molar refractivity (Wildman–Crippen MR) is 73.3 cm³/mol. The van der Waals surface area contributed by atoms with Crippen LogP contribution < -0.4 is 5.73 Å². The third-order valence-electron chi connectivity index (χ3n) is 4.37. The number of rotatable bonds is 2. The van der Waals surface area contributed by atoms with Gasteiger partial charge in [-0.2, -0.15) is 0 Å². The molecule has 0 bridgehead atoms. The molecule has 1 aromatic heterocycles. The Kier molecular flexibility index (Phi) is 3.81. The molecule has 1 saturated carbocycles. The molecule has 0 aromatic carbocycles. The van der Waals surface area contributed by atoms with E-state index in [9.17, 15) is 0 Å². The summed E-state index contributed by atoms with van der Waals surface area (Å²) < 4.78 is 5.30. The van der Waals surface area contributed by atoms with Crippen molar-refractivity contribution in [2.75, 3.05) is 0 Å². The molecule has 3 nitrogen and oxygen atoms in total. The summed E-state index contributed by atoms with van der Waals surface area (Å²) in [7, 11) is 0. The van der Waals surface area contributed by atoms with Crippen LogP contribution in [0.5, 0.6) is 0 Å². The molecule has 2 N–H and O–H groups in total. The van der Waals surface area contributed by atoms with E-state index in [0.29, 0.717) is 11.3 Å². The maximum absolute atomic E-state index is 5.80. The van der Waals surface area contributed by atoms with Crippen LogP contribution in [0.3, 0.4) is 0 Å². The van der Waals surface area contributed by atoms with Crippen LogP contribution in [0.25, 0.3) is 0 Å². The summed E-state index contributed by atoms with van der Waals surface area (Å²) in [5, 5.41) is 4.19. The molecular formula is C15H26N2O. The Balaban J connectivity index is 1.97. The second kappa shape index (κ2) is 5.04. The molecule has 0 aliphatic heterocycles. The van der Waals surface area contributed by atoms with Crippen molar-refractivity contribution in [3.63, 3.8) is 0 Å². The highest BCUT2D eigenvalue weighted by molar-refractivity contribution is 5.13. The SMILES string of the molecule is CC(N)c1cc(C2CCC(C(C)(C)C)CC2)no1. The van der Waals surface area contributed by atoms with Crippen LogP contribution in [-0.2, 0) is 0 Å². The minimum absolute atomic E-state index is 0.0582. The van der Waals surface area contributed by atoms with E-state index in [1.807, 2.05) is 13.0 Å². The second-order valence-corrected chi connectivity index (χ2v) is 6.86. The van der Waals surface area contributed by atoms with Gasteiger partial charge >= 0.3 is 0 Å². The Bertz CT molecular complexity index is 381. The molecule has 18 heavy (non-hydrogen) atoms. The molecule has 0 spiro atoms. The van der Waals surface area contributed by atoms with Gasteiger partial charge in [-0.1, -0.05) is 25.9 Å². The normalized spacial score (nSPS) is 27.2. The van der Waals surface area contributed by atoms with E-state index in [2.05, 4.69) is 25.9 Å². The van der Waals surface area contributed by atoms with Crippen LogP contribution in [0.15, 0.2) is 10.6 Å². The van der Waals surface area contributed by atoms with Crippen LogP contribution in [-0.4, -0.2) is 5.16 Å². The molecule has 0 saturated heterocycles. The zero-order valence-electron chi connectivity index (χ0n) is 12.1. The van der Waals surface area contributed by atoms with Crippen LogP contribution in [0.4, 0.5) is 0 Å². The van der Waals surface area contributed by atoms with Crippen molar-refractivity contribution < 1.29 is 4.52 Å². The summed E-state index contributed by atoms with van der Waals surface area (Å²) in [5.41, 5.74) is 7.34. The van der Waals surface area contributed by atoms with Gasteiger partial charge in [-0.25, -0.2) is 0 Å². The van der Waals surface area contributed by atoms with Gasteiger partial charge in [-0.3, -0.25) is 0 Å². The fourth-order valence-corrected chi connectivity index (χ4v) is 2.97. The molecule has 0 amide bonds. The van der Waals surface area contributed by atoms with E-state index < -0.39 is 0 Å². The van der Waals surface area contributed by atoms with Gasteiger partial charge in [0.05, 0.1) is 11.7 Å². The third-order valence-corrected chi connectivity index (χ3v) is 4.37. The standard InChI is InChI=1S/C15H26N2O/c1-10(16)14-9-13(17-18-14)11-5-7-12(8-6-11)15(2,3)4/h9-12H,5-8,16H2,1-4H3. The number of nitrogens with two attached hydrogens (primary N) is 1. The quantitative estimate of drug-likeness (QED) is 0.862. The molecule has 1 fully saturated rings. The smallest absolute Gasteiger partial charge is 0.153 e. The molecule has 3 heteroatoms. The second-order valence-electron chi connectivity index (χ2n) is 6.86. The minimum Gasteiger partial charge on any atom is -0.359 e. The first-order valence-corrected chi connectivity index (χ1v) is 7.10. The van der Waals surface area contributed by atoms with Gasteiger partial charge in [0.15, 0.2) is 5.76 Å². The lowest BCUT2D eigenvalue weighted by Gasteiger charge is -2.36. The van der Waals surface area contributed by atoms with Gasteiger partial charge in [0, 0.05) is 12.0 Å². The first kappa shape index (κ1) is 13.6. The fourth-order valence-electron chi connectivity index (χ4n) is 2.97. The average Bonchev–Trinajstić information content (AvgIpc) is 2.77. The molecule has 1 heterocycles. The first-order valence-electron chi connectivity index (χ1n) is 7.10. The lowest BCUT2D eigenvalue weighted by molar-refractivity contribution is 0.167. The Hall–Kier alpha value is -0.830. The lowest BCUT2D eigenvalue weighted by Crippen LogP contribution is -2.25. The summed E-state index contributed by atoms with van der Waals surface area (Å²) in [6.45, 7) is 8.98. The Morgan fingerprint density at radius 1 is 1.28 bits per heavy atom. The van der Waals surface area contributed by atoms with Gasteiger partial charge < -0.3 is 10.3 Å². The van der Waals surface area contributed by atoms with E-state index in [0.717, 1.165) is 17.4 Å². The molecule has 1 aromatic rings. The van der Waals surface area contributed by atoms with Crippen molar-refractivity contribution in [2.45, 2.75) is 65.3 Å². The van der Waals surface area contributed by atoms with E-state index >= 15 is 0 Å². The molecule has 1 unspecified atom stereocenters. The summed E-state index contributed by atoms with van der Waals surface area (Å²) in [4.78, 5) is 0. The van der Waals surface area contributed by atoms with Gasteiger partial charge in [0.2, 0.25) is 0 Å². The molecule has 0 radical (unpaired) electrons. The van der Waals surface area contributed by atoms with Crippen molar-refractivity contribution >= 4 is 0 Å². The van der Waals surface area contributed by atoms with Gasteiger partial charge in [-0.05, 0) is 43.9 Å². The van der Waals surface area contributed by atoms with Crippen molar-refractivity contribution in [3.8, 4) is 0 Å². The van der Waals surface area contributed by atoms with Gasteiger partial charge in [0.1, 0.15) is 0 Å². The molecule has 1 aliphatic carbocycles. The van der Waals surface area contributed by atoms with Crippen LogP contribution in [0, 0.1) is 11.3 Å². The minimum atomic E-state index is -0.0582. The van der Waals surface area contributed by atoms with E-state index in [1.54, 1.807) is 0 Å². The van der Waals surface area contributed by atoms with Crippen molar-refractivity contribution in [3.05, 3.63) is 17.5 Å². The summed E-state index contributed by atoms with van der Waals surface area (Å²) >= 11 is 0. The molecule has 1 aliphatic rings. The highest BCUT2D eigenvalue weighted by Crippen LogP contribution is 2.43. The van der Waals surface area contributed by atoms with Gasteiger partial charge in [0.25, 0.3) is 0 Å². The van der Waals surface area contributed by atoms with Crippen LogP contribution >= 0.6 is 0 Å². The largest absolute Gasteiger partial charge is 0.359 e. The van der Waals surface area contributed by atoms with Crippen molar-refractivity contribution in [1.29, 1.82) is 0 Å².